The first kappa shape index (κ1) is 20.1. The van der Waals surface area contributed by atoms with Crippen LogP contribution < -0.4 is 0 Å². The molecule has 0 saturated carbocycles. The van der Waals surface area contributed by atoms with Crippen molar-refractivity contribution in [2.24, 2.45) is 0 Å². The Morgan fingerprint density at radius 1 is 0.700 bits per heavy atom. The number of hydrogen-bond acceptors (Lipinski definition) is 0. The molecule has 0 N–H and O–H groups in total. The summed E-state index contributed by atoms with van der Waals surface area (Å²) in [6, 6.07) is 0. The third-order valence-electron chi connectivity index (χ3n) is 5.24. The molecule has 0 atom stereocenters. The average molecular weight is 310 g/mol. The molecule has 0 unspecified atom stereocenters. The first-order valence-corrected chi connectivity index (χ1v) is 13.1. The molecular weight excluding hydrogens is 276 g/mol. The van der Waals surface area contributed by atoms with Crippen LogP contribution in [0.1, 0.15) is 55.4 Å². The summed E-state index contributed by atoms with van der Waals surface area (Å²) < 4.78 is 0. The van der Waals surface area contributed by atoms with Gasteiger partial charge in [-0.1, -0.05) is 0 Å². The molecule has 0 aromatic carbocycles. The van der Waals surface area contributed by atoms with Gasteiger partial charge in [-0.25, -0.2) is 0 Å². The molecule has 0 radical (unpaired) electrons. The Bertz CT molecular complexity index is 407. The molecule has 20 heavy (non-hydrogen) atoms. The van der Waals surface area contributed by atoms with E-state index in [0.717, 1.165) is 0 Å². The standard InChI is InChI=1S/C16H34B2P2/c1-9-11-19(17,15(3,4)5)13-14-20(18,12-10-2)16(6,7)8/h19-20H,13-14,17-18H2,1-8H3. The van der Waals surface area contributed by atoms with E-state index in [4.69, 9.17) is 0 Å². The molecule has 0 bridgehead atoms. The molecule has 0 fully saturated rings. The fourth-order valence-electron chi connectivity index (χ4n) is 2.30. The SMILES string of the molecule is B[PH](C#CC)(CC[PH](B)(C#CC)C(C)(C)C)C(C)(C)C. The minimum absolute atomic E-state index is 0.336. The van der Waals surface area contributed by atoms with Crippen LogP contribution in [0.15, 0.2) is 0 Å². The van der Waals surface area contributed by atoms with Gasteiger partial charge in [0, 0.05) is 0 Å². The molecule has 0 saturated heterocycles. The Morgan fingerprint density at radius 3 is 1.10 bits per heavy atom. The third kappa shape index (κ3) is 4.84. The molecule has 0 amide bonds. The monoisotopic (exact) mass is 310 g/mol. The van der Waals surface area contributed by atoms with Crippen LogP contribution in [0.5, 0.6) is 0 Å². The second-order valence-corrected chi connectivity index (χ2v) is 18.2. The summed E-state index contributed by atoms with van der Waals surface area (Å²) in [6.45, 7) is 18.2. The molecule has 0 rings (SSSR count). The van der Waals surface area contributed by atoms with Crippen molar-refractivity contribution < 1.29 is 0 Å². The van der Waals surface area contributed by atoms with Crippen molar-refractivity contribution in [1.82, 2.24) is 0 Å². The second-order valence-electron chi connectivity index (χ2n) is 8.41. The molecule has 0 aliphatic carbocycles. The van der Waals surface area contributed by atoms with Gasteiger partial charge in [-0.2, -0.15) is 0 Å². The maximum atomic E-state index is 3.63. The van der Waals surface area contributed by atoms with Crippen LogP contribution in [0, 0.1) is 23.2 Å². The fraction of sp³-hybridized carbons (Fsp3) is 0.750. The number of hydrogen-bond donors (Lipinski definition) is 0. The van der Waals surface area contributed by atoms with Crippen LogP contribution in [0.2, 0.25) is 0 Å². The van der Waals surface area contributed by atoms with E-state index in [-0.39, 0.29) is 0 Å². The van der Waals surface area contributed by atoms with Gasteiger partial charge in [-0.3, -0.25) is 0 Å². The van der Waals surface area contributed by atoms with Gasteiger partial charge in [0.05, 0.1) is 0 Å². The maximum absolute atomic E-state index is 3.63. The summed E-state index contributed by atoms with van der Waals surface area (Å²) in [5.41, 5.74) is 7.26. The molecular formula is C16H34B2P2. The molecule has 4 heteroatoms. The first-order valence-electron chi connectivity index (χ1n) is 7.71. The quantitative estimate of drug-likeness (QED) is 0.427. The first-order chi connectivity index (χ1) is 8.83. The average Bonchev–Trinajstić information content (AvgIpc) is 2.24. The Kier molecular flexibility index (Phi) is 6.95. The predicted molar refractivity (Wildman–Crippen MR) is 110 cm³/mol. The Morgan fingerprint density at radius 2 is 0.950 bits per heavy atom. The predicted octanol–water partition coefficient (Wildman–Crippen LogP) is 3.14. The minimum atomic E-state index is -1.56. The zero-order valence-electron chi connectivity index (χ0n) is 15.4. The zero-order valence-corrected chi connectivity index (χ0v) is 17.4. The summed E-state index contributed by atoms with van der Waals surface area (Å²) in [4.78, 5) is 0. The zero-order chi connectivity index (χ0) is 16.2. The van der Waals surface area contributed by atoms with Gasteiger partial charge in [0.2, 0.25) is 0 Å². The fourth-order valence-corrected chi connectivity index (χ4v) is 9.91. The van der Waals surface area contributed by atoms with Gasteiger partial charge >= 0.3 is 131 Å². The second kappa shape index (κ2) is 6.91. The van der Waals surface area contributed by atoms with Crippen LogP contribution in [0.4, 0.5) is 0 Å². The van der Waals surface area contributed by atoms with Crippen molar-refractivity contribution in [3.05, 3.63) is 0 Å². The van der Waals surface area contributed by atoms with Crippen molar-refractivity contribution in [2.75, 3.05) is 12.3 Å². The van der Waals surface area contributed by atoms with Gasteiger partial charge in [0.1, 0.15) is 0 Å². The Labute approximate surface area is 131 Å². The van der Waals surface area contributed by atoms with Gasteiger partial charge in [-0.15, -0.1) is 0 Å². The molecule has 0 aromatic rings. The van der Waals surface area contributed by atoms with Crippen molar-refractivity contribution in [3.63, 3.8) is 0 Å². The van der Waals surface area contributed by atoms with E-state index in [1.165, 1.54) is 12.3 Å². The summed E-state index contributed by atoms with van der Waals surface area (Å²) in [6.07, 6.45) is 2.57. The number of rotatable bonds is 3. The summed E-state index contributed by atoms with van der Waals surface area (Å²) >= 11 is 0. The summed E-state index contributed by atoms with van der Waals surface area (Å²) in [5, 5.41) is 0.672. The molecule has 0 aliphatic rings. The van der Waals surface area contributed by atoms with Crippen molar-refractivity contribution in [2.45, 2.75) is 65.7 Å². The van der Waals surface area contributed by atoms with Gasteiger partial charge < -0.3 is 0 Å². The van der Waals surface area contributed by atoms with Crippen molar-refractivity contribution in [3.8, 4) is 23.2 Å². The summed E-state index contributed by atoms with van der Waals surface area (Å²) in [7, 11) is 1.79. The Hall–Kier alpha value is 0.110. The van der Waals surface area contributed by atoms with Gasteiger partial charge in [-0.05, 0) is 0 Å². The van der Waals surface area contributed by atoms with E-state index >= 15 is 0 Å². The molecule has 0 spiro atoms. The Balaban J connectivity index is 5.38. The van der Waals surface area contributed by atoms with Gasteiger partial charge in [0.25, 0.3) is 0 Å². The molecule has 0 heterocycles. The molecule has 0 aromatic heterocycles. The topological polar surface area (TPSA) is 0 Å². The van der Waals surface area contributed by atoms with Crippen LogP contribution >= 0.6 is 14.3 Å². The van der Waals surface area contributed by atoms with Crippen LogP contribution in [-0.4, -0.2) is 37.8 Å². The van der Waals surface area contributed by atoms with E-state index in [1.807, 2.05) is 13.8 Å². The van der Waals surface area contributed by atoms with E-state index < -0.39 is 14.3 Å². The summed E-state index contributed by atoms with van der Waals surface area (Å²) in [5.74, 6) is 6.43. The van der Waals surface area contributed by atoms with Crippen LogP contribution in [0.3, 0.4) is 0 Å². The molecule has 0 aliphatic heterocycles. The van der Waals surface area contributed by atoms with Crippen molar-refractivity contribution in [1.29, 1.82) is 0 Å². The van der Waals surface area contributed by atoms with Crippen LogP contribution in [-0.2, 0) is 0 Å². The van der Waals surface area contributed by atoms with Crippen molar-refractivity contribution >= 4 is 29.4 Å². The molecule has 0 nitrogen and oxygen atoms in total. The van der Waals surface area contributed by atoms with E-state index in [9.17, 15) is 0 Å². The normalized spacial score (nSPS) is 14.6. The third-order valence-corrected chi connectivity index (χ3v) is 16.5. The van der Waals surface area contributed by atoms with Gasteiger partial charge in [0.15, 0.2) is 0 Å². The van der Waals surface area contributed by atoms with Crippen LogP contribution in [0.25, 0.3) is 0 Å². The molecule has 114 valence electrons. The van der Waals surface area contributed by atoms with E-state index in [0.29, 0.717) is 10.3 Å². The van der Waals surface area contributed by atoms with E-state index in [2.05, 4.69) is 79.8 Å². The van der Waals surface area contributed by atoms with E-state index in [1.54, 1.807) is 0 Å².